The first kappa shape index (κ1) is 17.1. The zero-order chi connectivity index (χ0) is 17.0. The Hall–Kier alpha value is -2.23. The van der Waals surface area contributed by atoms with Crippen molar-refractivity contribution >= 4 is 5.97 Å². The van der Waals surface area contributed by atoms with Gasteiger partial charge in [0.25, 0.3) is 0 Å². The van der Waals surface area contributed by atoms with Crippen molar-refractivity contribution in [3.05, 3.63) is 47.2 Å². The molecular formula is C19H24O4. The molecule has 1 aliphatic rings. The Kier molecular flexibility index (Phi) is 5.48. The molecule has 1 unspecified atom stereocenters. The number of carbonyl (C=O) groups is 1. The molecule has 1 atom stereocenters. The summed E-state index contributed by atoms with van der Waals surface area (Å²) in [6, 6.07) is 1.74. The molecule has 0 saturated carbocycles. The number of rotatable bonds is 6. The Balaban J connectivity index is 2.67. The van der Waals surface area contributed by atoms with Crippen LogP contribution in [0, 0.1) is 0 Å². The highest BCUT2D eigenvalue weighted by atomic mass is 16.5. The smallest absolute Gasteiger partial charge is 0.339 e. The number of aromatic hydroxyl groups is 1. The maximum atomic E-state index is 11.6. The SMILES string of the molecule is C=COc1cc(CCC)c(C(=O)O)c(O)c1C1C=C(C)CCC1. The van der Waals surface area contributed by atoms with Gasteiger partial charge in [-0.25, -0.2) is 4.79 Å². The summed E-state index contributed by atoms with van der Waals surface area (Å²) in [6.45, 7) is 7.61. The number of aromatic carboxylic acids is 1. The van der Waals surface area contributed by atoms with Crippen LogP contribution in [0.2, 0.25) is 0 Å². The number of ether oxygens (including phenoxy) is 1. The van der Waals surface area contributed by atoms with Crippen LogP contribution in [0.5, 0.6) is 11.5 Å². The van der Waals surface area contributed by atoms with Crippen molar-refractivity contribution < 1.29 is 19.7 Å². The molecule has 0 saturated heterocycles. The van der Waals surface area contributed by atoms with Crippen molar-refractivity contribution in [2.75, 3.05) is 0 Å². The second kappa shape index (κ2) is 7.36. The highest BCUT2D eigenvalue weighted by Crippen LogP contribution is 2.44. The van der Waals surface area contributed by atoms with E-state index in [1.807, 2.05) is 6.92 Å². The van der Waals surface area contributed by atoms with Gasteiger partial charge in [0.1, 0.15) is 17.1 Å². The molecule has 1 aromatic rings. The Morgan fingerprint density at radius 1 is 1.52 bits per heavy atom. The van der Waals surface area contributed by atoms with Crippen molar-refractivity contribution in [2.24, 2.45) is 0 Å². The van der Waals surface area contributed by atoms with E-state index in [9.17, 15) is 15.0 Å². The number of aryl methyl sites for hydroxylation is 1. The molecule has 0 aromatic heterocycles. The van der Waals surface area contributed by atoms with Crippen LogP contribution in [0.1, 0.15) is 66.9 Å². The molecule has 1 aliphatic carbocycles. The lowest BCUT2D eigenvalue weighted by Crippen LogP contribution is -2.10. The Morgan fingerprint density at radius 3 is 2.83 bits per heavy atom. The monoisotopic (exact) mass is 316 g/mol. The summed E-state index contributed by atoms with van der Waals surface area (Å²) in [4.78, 5) is 11.6. The zero-order valence-electron chi connectivity index (χ0n) is 13.8. The van der Waals surface area contributed by atoms with Crippen LogP contribution in [0.25, 0.3) is 0 Å². The Bertz CT molecular complexity index is 643. The molecule has 0 bridgehead atoms. The maximum absolute atomic E-state index is 11.6. The standard InChI is InChI=1S/C19H24O4/c1-4-7-13-11-15(23-5-2)16(18(20)17(13)19(21)22)14-9-6-8-12(3)10-14/h5,10-11,14,20H,2,4,6-9H2,1,3H3,(H,21,22). The Morgan fingerprint density at radius 2 is 2.26 bits per heavy atom. The van der Waals surface area contributed by atoms with Crippen LogP contribution in [0.3, 0.4) is 0 Å². The molecule has 23 heavy (non-hydrogen) atoms. The zero-order valence-corrected chi connectivity index (χ0v) is 13.8. The molecule has 4 nitrogen and oxygen atoms in total. The van der Waals surface area contributed by atoms with E-state index in [4.69, 9.17) is 4.74 Å². The molecule has 4 heteroatoms. The van der Waals surface area contributed by atoms with E-state index < -0.39 is 5.97 Å². The van der Waals surface area contributed by atoms with Crippen molar-refractivity contribution in [3.8, 4) is 11.5 Å². The van der Waals surface area contributed by atoms with Crippen LogP contribution in [-0.4, -0.2) is 16.2 Å². The summed E-state index contributed by atoms with van der Waals surface area (Å²) < 4.78 is 5.51. The predicted octanol–water partition coefficient (Wildman–Crippen LogP) is 4.78. The molecule has 0 spiro atoms. The first-order valence-corrected chi connectivity index (χ1v) is 8.06. The van der Waals surface area contributed by atoms with Gasteiger partial charge < -0.3 is 14.9 Å². The van der Waals surface area contributed by atoms with E-state index in [0.717, 1.165) is 25.7 Å². The number of carboxylic acid groups (broad SMARTS) is 1. The van der Waals surface area contributed by atoms with Crippen molar-refractivity contribution in [3.63, 3.8) is 0 Å². The molecule has 0 aliphatic heterocycles. The number of benzene rings is 1. The minimum atomic E-state index is -1.10. The van der Waals surface area contributed by atoms with Crippen molar-refractivity contribution in [1.29, 1.82) is 0 Å². The highest BCUT2D eigenvalue weighted by molar-refractivity contribution is 5.94. The van der Waals surface area contributed by atoms with Gasteiger partial charge in [0, 0.05) is 11.5 Å². The lowest BCUT2D eigenvalue weighted by molar-refractivity contribution is 0.0692. The lowest BCUT2D eigenvalue weighted by atomic mass is 9.83. The summed E-state index contributed by atoms with van der Waals surface area (Å²) in [5.41, 5.74) is 2.39. The molecule has 2 N–H and O–H groups in total. The van der Waals surface area contributed by atoms with Gasteiger partial charge in [-0.3, -0.25) is 0 Å². The summed E-state index contributed by atoms with van der Waals surface area (Å²) in [5, 5.41) is 20.2. The molecule has 0 radical (unpaired) electrons. The predicted molar refractivity (Wildman–Crippen MR) is 90.2 cm³/mol. The topological polar surface area (TPSA) is 66.8 Å². The molecule has 124 valence electrons. The average Bonchev–Trinajstić information content (AvgIpc) is 2.47. The summed E-state index contributed by atoms with van der Waals surface area (Å²) in [7, 11) is 0. The molecule has 0 fully saturated rings. The molecule has 0 amide bonds. The van der Waals surface area contributed by atoms with Gasteiger partial charge in [0.15, 0.2) is 0 Å². The average molecular weight is 316 g/mol. The van der Waals surface area contributed by atoms with Crippen molar-refractivity contribution in [1.82, 2.24) is 0 Å². The van der Waals surface area contributed by atoms with Gasteiger partial charge in [0.05, 0.1) is 6.26 Å². The second-order valence-electron chi connectivity index (χ2n) is 6.02. The third kappa shape index (κ3) is 3.58. The van der Waals surface area contributed by atoms with Crippen LogP contribution in [0.15, 0.2) is 30.6 Å². The summed E-state index contributed by atoms with van der Waals surface area (Å²) in [6.07, 6.45) is 7.68. The molecule has 1 aromatic carbocycles. The molecule has 2 rings (SSSR count). The van der Waals surface area contributed by atoms with Gasteiger partial charge in [-0.2, -0.15) is 0 Å². The largest absolute Gasteiger partial charge is 0.507 e. The number of phenols is 1. The van der Waals surface area contributed by atoms with Crippen LogP contribution < -0.4 is 4.74 Å². The number of carboxylic acids is 1. The van der Waals surface area contributed by atoms with Gasteiger partial charge in [-0.15, -0.1) is 0 Å². The van der Waals surface area contributed by atoms with E-state index in [1.165, 1.54) is 11.8 Å². The maximum Gasteiger partial charge on any atom is 0.339 e. The van der Waals surface area contributed by atoms with Gasteiger partial charge >= 0.3 is 5.97 Å². The lowest BCUT2D eigenvalue weighted by Gasteiger charge is -2.24. The van der Waals surface area contributed by atoms with E-state index in [0.29, 0.717) is 23.3 Å². The quantitative estimate of drug-likeness (QED) is 0.585. The highest BCUT2D eigenvalue weighted by Gasteiger charge is 2.27. The minimum absolute atomic E-state index is 0.00473. The normalized spacial score (nSPS) is 17.5. The fourth-order valence-corrected chi connectivity index (χ4v) is 3.30. The number of allylic oxidation sites excluding steroid dienone is 2. The fraction of sp³-hybridized carbons (Fsp3) is 0.421. The third-order valence-electron chi connectivity index (χ3n) is 4.27. The van der Waals surface area contributed by atoms with Gasteiger partial charge in [-0.05, 0) is 44.2 Å². The van der Waals surface area contributed by atoms with E-state index in [1.54, 1.807) is 6.07 Å². The van der Waals surface area contributed by atoms with E-state index in [-0.39, 0.29) is 17.2 Å². The van der Waals surface area contributed by atoms with Crippen LogP contribution in [0.4, 0.5) is 0 Å². The second-order valence-corrected chi connectivity index (χ2v) is 6.02. The first-order chi connectivity index (χ1) is 11.0. The molecule has 0 heterocycles. The van der Waals surface area contributed by atoms with Crippen LogP contribution in [-0.2, 0) is 6.42 Å². The summed E-state index contributed by atoms with van der Waals surface area (Å²) in [5.74, 6) is -0.806. The number of hydrogen-bond donors (Lipinski definition) is 2. The van der Waals surface area contributed by atoms with E-state index in [2.05, 4.69) is 19.6 Å². The minimum Gasteiger partial charge on any atom is -0.507 e. The van der Waals surface area contributed by atoms with Gasteiger partial charge in [-0.1, -0.05) is 31.6 Å². The Labute approximate surface area is 137 Å². The molecular weight excluding hydrogens is 292 g/mol. The van der Waals surface area contributed by atoms with E-state index >= 15 is 0 Å². The first-order valence-electron chi connectivity index (χ1n) is 8.06. The van der Waals surface area contributed by atoms with Crippen molar-refractivity contribution in [2.45, 2.75) is 51.9 Å². The van der Waals surface area contributed by atoms with Crippen LogP contribution >= 0.6 is 0 Å². The third-order valence-corrected chi connectivity index (χ3v) is 4.27. The van der Waals surface area contributed by atoms with Gasteiger partial charge in [0.2, 0.25) is 0 Å². The fourth-order valence-electron chi connectivity index (χ4n) is 3.30. The summed E-state index contributed by atoms with van der Waals surface area (Å²) >= 11 is 0. The number of hydrogen-bond acceptors (Lipinski definition) is 3.